The lowest BCUT2D eigenvalue weighted by Gasteiger charge is -2.37. The molecule has 1 aliphatic heterocycles. The van der Waals surface area contributed by atoms with Crippen molar-refractivity contribution in [3.63, 3.8) is 0 Å². The minimum absolute atomic E-state index is 0.285. The zero-order chi connectivity index (χ0) is 27.2. The van der Waals surface area contributed by atoms with Crippen LogP contribution in [0, 0.1) is 11.3 Å². The Balaban J connectivity index is 1.80. The fourth-order valence-electron chi connectivity index (χ4n) is 3.67. The zero-order valence-corrected chi connectivity index (χ0v) is 23.3. The Labute approximate surface area is 223 Å². The number of nitriles is 1. The van der Waals surface area contributed by atoms with Gasteiger partial charge < -0.3 is 29.5 Å². The van der Waals surface area contributed by atoms with E-state index in [2.05, 4.69) is 26.3 Å². The number of piperazine rings is 1. The summed E-state index contributed by atoms with van der Waals surface area (Å²) in [7, 11) is 5.42. The maximum absolute atomic E-state index is 12.4. The number of amides is 1. The number of methoxy groups -OCH3 is 1. The van der Waals surface area contributed by atoms with Gasteiger partial charge >= 0.3 is 6.09 Å². The summed E-state index contributed by atoms with van der Waals surface area (Å²) in [4.78, 5) is 27.2. The van der Waals surface area contributed by atoms with Crippen molar-refractivity contribution in [2.75, 3.05) is 63.9 Å². The van der Waals surface area contributed by atoms with Crippen molar-refractivity contribution >= 4 is 41.1 Å². The quantitative estimate of drug-likeness (QED) is 0.412. The van der Waals surface area contributed by atoms with E-state index in [-0.39, 0.29) is 6.09 Å². The van der Waals surface area contributed by atoms with E-state index < -0.39 is 5.60 Å². The Morgan fingerprint density at radius 2 is 1.92 bits per heavy atom. The summed E-state index contributed by atoms with van der Waals surface area (Å²) in [5.41, 5.74) is 2.04. The molecule has 1 amide bonds. The number of carbonyl (C=O) groups excluding carboxylic acids is 1. The summed E-state index contributed by atoms with van der Waals surface area (Å²) in [6.07, 6.45) is 5.24. The first-order valence-corrected chi connectivity index (χ1v) is 13.2. The van der Waals surface area contributed by atoms with Gasteiger partial charge in [0, 0.05) is 58.2 Å². The molecule has 0 unspecified atom stereocenters. The summed E-state index contributed by atoms with van der Waals surface area (Å²) in [6, 6.07) is 8.07. The number of aromatic nitrogens is 2. The van der Waals surface area contributed by atoms with Crippen molar-refractivity contribution in [2.45, 2.75) is 31.5 Å². The SMILES string of the molecule is COc1cc(N2CCN(C(=O)OC(C)(C)C)CC2)ccc1Nc1nc(SC)nc(C=CN(C)C)c1C#N. The van der Waals surface area contributed by atoms with E-state index in [1.165, 1.54) is 11.8 Å². The average molecular weight is 526 g/mol. The molecule has 1 saturated heterocycles. The van der Waals surface area contributed by atoms with Crippen molar-refractivity contribution in [2.24, 2.45) is 0 Å². The summed E-state index contributed by atoms with van der Waals surface area (Å²) < 4.78 is 11.2. The fraction of sp³-hybridized carbons (Fsp3) is 0.462. The molecule has 0 aliphatic carbocycles. The number of benzene rings is 1. The summed E-state index contributed by atoms with van der Waals surface area (Å²) in [5, 5.41) is 13.7. The van der Waals surface area contributed by atoms with Crippen LogP contribution in [0.15, 0.2) is 29.6 Å². The monoisotopic (exact) mass is 525 g/mol. The smallest absolute Gasteiger partial charge is 0.410 e. The highest BCUT2D eigenvalue weighted by atomic mass is 32.2. The molecule has 2 heterocycles. The Kier molecular flexibility index (Phi) is 9.10. The molecule has 1 N–H and O–H groups in total. The van der Waals surface area contributed by atoms with Gasteiger partial charge in [-0.1, -0.05) is 11.8 Å². The van der Waals surface area contributed by atoms with Crippen LogP contribution in [-0.4, -0.2) is 85.1 Å². The van der Waals surface area contributed by atoms with E-state index in [9.17, 15) is 10.1 Å². The predicted molar refractivity (Wildman–Crippen MR) is 148 cm³/mol. The van der Waals surface area contributed by atoms with Gasteiger partial charge in [-0.15, -0.1) is 0 Å². The van der Waals surface area contributed by atoms with Crippen molar-refractivity contribution in [3.8, 4) is 11.8 Å². The zero-order valence-electron chi connectivity index (χ0n) is 22.5. The number of rotatable bonds is 7. The third kappa shape index (κ3) is 7.43. The van der Waals surface area contributed by atoms with Crippen LogP contribution in [0.3, 0.4) is 0 Å². The molecule has 10 nitrogen and oxygen atoms in total. The number of anilines is 3. The Bertz CT molecular complexity index is 1180. The lowest BCUT2D eigenvalue weighted by molar-refractivity contribution is 0.0240. The average Bonchev–Trinajstić information content (AvgIpc) is 2.86. The molecule has 0 spiro atoms. The predicted octanol–water partition coefficient (Wildman–Crippen LogP) is 4.41. The summed E-state index contributed by atoms with van der Waals surface area (Å²) >= 11 is 1.40. The second-order valence-corrected chi connectivity index (χ2v) is 10.4. The number of ether oxygens (including phenoxy) is 2. The minimum atomic E-state index is -0.514. The largest absolute Gasteiger partial charge is 0.494 e. The van der Waals surface area contributed by atoms with Gasteiger partial charge in [-0.2, -0.15) is 5.26 Å². The third-order valence-electron chi connectivity index (χ3n) is 5.48. The minimum Gasteiger partial charge on any atom is -0.494 e. The number of thioether (sulfide) groups is 1. The van der Waals surface area contributed by atoms with E-state index in [4.69, 9.17) is 9.47 Å². The van der Waals surface area contributed by atoms with Gasteiger partial charge in [0.25, 0.3) is 0 Å². The lowest BCUT2D eigenvalue weighted by atomic mass is 10.2. The molecule has 1 aromatic carbocycles. The van der Waals surface area contributed by atoms with E-state index in [0.29, 0.717) is 59.8 Å². The first-order valence-electron chi connectivity index (χ1n) is 11.9. The van der Waals surface area contributed by atoms with Crippen LogP contribution in [0.25, 0.3) is 6.08 Å². The first kappa shape index (κ1) is 27.9. The van der Waals surface area contributed by atoms with Gasteiger partial charge in [-0.25, -0.2) is 14.8 Å². The van der Waals surface area contributed by atoms with Crippen molar-refractivity contribution in [3.05, 3.63) is 35.7 Å². The van der Waals surface area contributed by atoms with Crippen LogP contribution in [0.4, 0.5) is 22.0 Å². The van der Waals surface area contributed by atoms with Crippen LogP contribution in [-0.2, 0) is 4.74 Å². The lowest BCUT2D eigenvalue weighted by Crippen LogP contribution is -2.50. The van der Waals surface area contributed by atoms with Crippen LogP contribution in [0.1, 0.15) is 32.0 Å². The molecule has 0 bridgehead atoms. The Morgan fingerprint density at radius 1 is 1.22 bits per heavy atom. The van der Waals surface area contributed by atoms with Gasteiger partial charge in [-0.3, -0.25) is 0 Å². The van der Waals surface area contributed by atoms with Gasteiger partial charge in [0.2, 0.25) is 0 Å². The molecule has 198 valence electrons. The van der Waals surface area contributed by atoms with E-state index >= 15 is 0 Å². The number of hydrogen-bond donors (Lipinski definition) is 1. The number of nitrogens with zero attached hydrogens (tertiary/aromatic N) is 6. The van der Waals surface area contributed by atoms with Crippen molar-refractivity contribution in [1.29, 1.82) is 5.26 Å². The molecule has 1 aromatic heterocycles. The molecule has 2 aromatic rings. The Hall–Kier alpha value is -3.65. The van der Waals surface area contributed by atoms with E-state index in [1.807, 2.05) is 70.4 Å². The highest BCUT2D eigenvalue weighted by Crippen LogP contribution is 2.34. The van der Waals surface area contributed by atoms with Crippen molar-refractivity contribution in [1.82, 2.24) is 19.8 Å². The standard InChI is InChI=1S/C26H35N7O3S/c1-26(2,3)36-25(34)33-14-12-32(13-15-33)18-8-9-21(22(16-18)35-6)28-23-19(17-27)20(10-11-31(4)5)29-24(30-23)37-7/h8-11,16H,12-15H2,1-7H3,(H,28,29,30). The maximum atomic E-state index is 12.4. The van der Waals surface area contributed by atoms with Crippen molar-refractivity contribution < 1.29 is 14.3 Å². The van der Waals surface area contributed by atoms with Gasteiger partial charge in [-0.05, 0) is 45.2 Å². The molecular weight excluding hydrogens is 490 g/mol. The van der Waals surface area contributed by atoms with Crippen LogP contribution in [0.2, 0.25) is 0 Å². The number of carbonyl (C=O) groups is 1. The summed E-state index contributed by atoms with van der Waals surface area (Å²) in [6.45, 7) is 8.11. The van der Waals surface area contributed by atoms with Crippen LogP contribution >= 0.6 is 11.8 Å². The number of hydrogen-bond acceptors (Lipinski definition) is 10. The fourth-order valence-corrected chi connectivity index (χ4v) is 4.04. The Morgan fingerprint density at radius 3 is 2.49 bits per heavy atom. The maximum Gasteiger partial charge on any atom is 0.410 e. The third-order valence-corrected chi connectivity index (χ3v) is 6.02. The molecule has 0 radical (unpaired) electrons. The van der Waals surface area contributed by atoms with E-state index in [1.54, 1.807) is 18.1 Å². The van der Waals surface area contributed by atoms with Gasteiger partial charge in [0.15, 0.2) is 11.0 Å². The van der Waals surface area contributed by atoms with Crippen LogP contribution in [0.5, 0.6) is 5.75 Å². The second kappa shape index (κ2) is 12.1. The molecule has 0 atom stereocenters. The highest BCUT2D eigenvalue weighted by Gasteiger charge is 2.26. The summed E-state index contributed by atoms with van der Waals surface area (Å²) in [5.74, 6) is 1.03. The van der Waals surface area contributed by atoms with Gasteiger partial charge in [0.05, 0.1) is 18.5 Å². The normalized spacial score (nSPS) is 13.9. The van der Waals surface area contributed by atoms with E-state index in [0.717, 1.165) is 5.69 Å². The van der Waals surface area contributed by atoms with Crippen LogP contribution < -0.4 is 15.0 Å². The topological polar surface area (TPSA) is 107 Å². The molecule has 1 fully saturated rings. The molecule has 37 heavy (non-hydrogen) atoms. The molecular formula is C26H35N7O3S. The first-order chi connectivity index (χ1) is 17.5. The van der Waals surface area contributed by atoms with Gasteiger partial charge in [0.1, 0.15) is 23.0 Å². The molecule has 1 aliphatic rings. The number of nitrogens with one attached hydrogen (secondary N) is 1. The molecule has 3 rings (SSSR count). The highest BCUT2D eigenvalue weighted by molar-refractivity contribution is 7.98. The molecule has 0 saturated carbocycles. The second-order valence-electron chi connectivity index (χ2n) is 9.67. The molecule has 11 heteroatoms.